The Labute approximate surface area is 168 Å². The van der Waals surface area contributed by atoms with Crippen molar-refractivity contribution in [2.45, 2.75) is 37.6 Å². The van der Waals surface area contributed by atoms with Crippen molar-refractivity contribution in [3.63, 3.8) is 0 Å². The zero-order chi connectivity index (χ0) is 20.9. The fourth-order valence-electron chi connectivity index (χ4n) is 5.16. The first-order chi connectivity index (χ1) is 14.0. The molecule has 1 spiro atoms. The van der Waals surface area contributed by atoms with E-state index in [1.165, 1.54) is 14.2 Å². The summed E-state index contributed by atoms with van der Waals surface area (Å²) in [6.07, 6.45) is 1.48. The molecule has 4 aliphatic rings. The Bertz CT molecular complexity index is 989. The average Bonchev–Trinajstić information content (AvgIpc) is 2.76. The predicted octanol–water partition coefficient (Wildman–Crippen LogP) is 3.21. The summed E-state index contributed by atoms with van der Waals surface area (Å²) in [6.45, 7) is 0. The Kier molecular flexibility index (Phi) is 4.19. The minimum Gasteiger partial charge on any atom is -0.497 e. The Morgan fingerprint density at radius 1 is 1.10 bits per heavy atom. The first kappa shape index (κ1) is 19.1. The lowest BCUT2D eigenvalue weighted by molar-refractivity contribution is -0.360. The summed E-state index contributed by atoms with van der Waals surface area (Å²) >= 11 is 0. The third-order valence-corrected chi connectivity index (χ3v) is 6.54. The van der Waals surface area contributed by atoms with Gasteiger partial charge in [0.2, 0.25) is 11.7 Å². The second-order valence-corrected chi connectivity index (χ2v) is 7.60. The van der Waals surface area contributed by atoms with Gasteiger partial charge in [0, 0.05) is 18.1 Å². The summed E-state index contributed by atoms with van der Waals surface area (Å²) < 4.78 is 23.0. The molecule has 5 rings (SSSR count). The van der Waals surface area contributed by atoms with Crippen LogP contribution < -0.4 is 9.47 Å². The van der Waals surface area contributed by atoms with Crippen LogP contribution in [0.4, 0.5) is 0 Å². The highest BCUT2D eigenvalue weighted by Crippen LogP contribution is 2.69. The number of ether oxygens (including phenoxy) is 4. The lowest BCUT2D eigenvalue weighted by Crippen LogP contribution is -2.73. The van der Waals surface area contributed by atoms with Crippen molar-refractivity contribution >= 4 is 5.90 Å². The van der Waals surface area contributed by atoms with Crippen LogP contribution in [-0.4, -0.2) is 25.9 Å². The van der Waals surface area contributed by atoms with Crippen molar-refractivity contribution in [3.8, 4) is 29.7 Å². The van der Waals surface area contributed by atoms with E-state index >= 15 is 0 Å². The second kappa shape index (κ2) is 6.37. The largest absolute Gasteiger partial charge is 0.497 e. The Balaban J connectivity index is 2.01. The summed E-state index contributed by atoms with van der Waals surface area (Å²) in [7, 11) is 3.00. The minimum atomic E-state index is -1.91. The zero-order valence-electron chi connectivity index (χ0n) is 16.2. The molecule has 3 heterocycles. The fourth-order valence-corrected chi connectivity index (χ4v) is 5.16. The number of nitriles is 3. The maximum absolute atomic E-state index is 10.3. The average molecular weight is 392 g/mol. The molecule has 1 aliphatic carbocycles. The fraction of sp³-hybridized carbons (Fsp3) is 0.524. The van der Waals surface area contributed by atoms with Crippen molar-refractivity contribution in [2.24, 2.45) is 16.7 Å². The van der Waals surface area contributed by atoms with Crippen LogP contribution in [0.1, 0.15) is 37.4 Å². The lowest BCUT2D eigenvalue weighted by Gasteiger charge is -2.63. The maximum Gasteiger partial charge on any atom is 0.218 e. The van der Waals surface area contributed by atoms with Gasteiger partial charge in [-0.05, 0) is 25.0 Å². The molecule has 3 aliphatic heterocycles. The molecule has 8 heteroatoms. The van der Waals surface area contributed by atoms with Gasteiger partial charge in [0.05, 0.1) is 38.3 Å². The highest BCUT2D eigenvalue weighted by molar-refractivity contribution is 5.89. The molecular weight excluding hydrogens is 372 g/mol. The molecule has 1 saturated carbocycles. The van der Waals surface area contributed by atoms with Crippen LogP contribution in [0.3, 0.4) is 0 Å². The molecule has 148 valence electrons. The highest BCUT2D eigenvalue weighted by atomic mass is 16.7. The monoisotopic (exact) mass is 392 g/mol. The Morgan fingerprint density at radius 3 is 2.48 bits per heavy atom. The standard InChI is InChI=1S/C21H20N4O4/c1-26-13-6-7-14(15(9-13)27-2)17-20(12-24)18(25)29-21(28-17)8-4-3-5-16(21)19(20,10-22)11-23/h6-7,9,16-17,25H,3-5,8H2,1-2H3/t16-,17-,20-,21+/m1/s1. The smallest absolute Gasteiger partial charge is 0.218 e. The topological polar surface area (TPSA) is 132 Å². The number of fused-ring (bicyclic) bond motifs is 2. The van der Waals surface area contributed by atoms with Crippen LogP contribution in [0.15, 0.2) is 18.2 Å². The van der Waals surface area contributed by atoms with E-state index in [-0.39, 0.29) is 0 Å². The number of nitrogens with one attached hydrogen (secondary N) is 1. The van der Waals surface area contributed by atoms with Crippen molar-refractivity contribution in [1.82, 2.24) is 0 Å². The van der Waals surface area contributed by atoms with E-state index in [1.807, 2.05) is 0 Å². The molecule has 1 aromatic carbocycles. The number of nitrogens with zero attached hydrogens (tertiary/aromatic N) is 3. The molecule has 0 amide bonds. The predicted molar refractivity (Wildman–Crippen MR) is 98.6 cm³/mol. The lowest BCUT2D eigenvalue weighted by atomic mass is 9.48. The third kappa shape index (κ3) is 2.11. The molecule has 2 bridgehead atoms. The molecule has 29 heavy (non-hydrogen) atoms. The van der Waals surface area contributed by atoms with E-state index in [9.17, 15) is 15.8 Å². The van der Waals surface area contributed by atoms with Gasteiger partial charge in [-0.25, -0.2) is 0 Å². The summed E-state index contributed by atoms with van der Waals surface area (Å²) in [5.41, 5.74) is -3.21. The van der Waals surface area contributed by atoms with E-state index in [0.717, 1.165) is 12.8 Å². The van der Waals surface area contributed by atoms with Gasteiger partial charge in [-0.3, -0.25) is 5.41 Å². The summed E-state index contributed by atoms with van der Waals surface area (Å²) in [5.74, 6) is -1.36. The second-order valence-electron chi connectivity index (χ2n) is 7.60. The molecule has 3 saturated heterocycles. The molecule has 1 N–H and O–H groups in total. The van der Waals surface area contributed by atoms with Crippen LogP contribution in [0.2, 0.25) is 0 Å². The zero-order valence-corrected chi connectivity index (χ0v) is 16.2. The number of rotatable bonds is 3. The van der Waals surface area contributed by atoms with Crippen molar-refractivity contribution in [3.05, 3.63) is 23.8 Å². The van der Waals surface area contributed by atoms with E-state index in [2.05, 4.69) is 18.2 Å². The number of hydrogen-bond acceptors (Lipinski definition) is 8. The SMILES string of the molecule is COc1ccc([C@H]2O[C@]34CCCC[C@@H]3C(C#N)(C#N)[C@@]2(C#N)C(=N)O4)c(OC)c1. The number of hydrogen-bond donors (Lipinski definition) is 1. The maximum atomic E-state index is 10.3. The quantitative estimate of drug-likeness (QED) is 0.835. The molecular formula is C21H20N4O4. The highest BCUT2D eigenvalue weighted by Gasteiger charge is 2.80. The minimum absolute atomic E-state index is 0.387. The molecule has 1 aromatic rings. The molecule has 4 atom stereocenters. The van der Waals surface area contributed by atoms with Crippen LogP contribution in [0.25, 0.3) is 0 Å². The van der Waals surface area contributed by atoms with Gasteiger partial charge < -0.3 is 18.9 Å². The summed E-state index contributed by atoms with van der Waals surface area (Å²) in [6, 6.07) is 11.4. The Morgan fingerprint density at radius 2 is 1.86 bits per heavy atom. The first-order valence-corrected chi connectivity index (χ1v) is 9.40. The van der Waals surface area contributed by atoms with Crippen LogP contribution in [0, 0.1) is 56.2 Å². The van der Waals surface area contributed by atoms with Gasteiger partial charge in [-0.1, -0.05) is 6.42 Å². The van der Waals surface area contributed by atoms with Crippen LogP contribution in [0.5, 0.6) is 11.5 Å². The van der Waals surface area contributed by atoms with E-state index in [4.69, 9.17) is 24.4 Å². The first-order valence-electron chi connectivity index (χ1n) is 9.40. The van der Waals surface area contributed by atoms with Gasteiger partial charge in [-0.15, -0.1) is 0 Å². The van der Waals surface area contributed by atoms with E-state index < -0.39 is 34.5 Å². The van der Waals surface area contributed by atoms with Crippen molar-refractivity contribution in [2.75, 3.05) is 14.2 Å². The number of methoxy groups -OCH3 is 2. The normalized spacial score (nSPS) is 34.0. The van der Waals surface area contributed by atoms with Gasteiger partial charge in [0.15, 0.2) is 10.8 Å². The molecule has 8 nitrogen and oxygen atoms in total. The number of benzene rings is 1. The van der Waals surface area contributed by atoms with Crippen molar-refractivity contribution < 1.29 is 18.9 Å². The third-order valence-electron chi connectivity index (χ3n) is 6.54. The van der Waals surface area contributed by atoms with Gasteiger partial charge in [0.1, 0.15) is 17.6 Å². The molecule has 4 fully saturated rings. The summed E-state index contributed by atoms with van der Waals surface area (Å²) in [4.78, 5) is 0. The van der Waals surface area contributed by atoms with Gasteiger partial charge in [-0.2, -0.15) is 15.8 Å². The summed E-state index contributed by atoms with van der Waals surface area (Å²) in [5, 5.41) is 39.3. The van der Waals surface area contributed by atoms with E-state index in [1.54, 1.807) is 18.2 Å². The van der Waals surface area contributed by atoms with E-state index in [0.29, 0.717) is 29.9 Å². The Hall–Kier alpha value is -3.28. The molecule has 0 unspecified atom stereocenters. The molecule has 0 radical (unpaired) electrons. The van der Waals surface area contributed by atoms with Gasteiger partial charge in [0.25, 0.3) is 0 Å². The van der Waals surface area contributed by atoms with Gasteiger partial charge >= 0.3 is 0 Å². The van der Waals surface area contributed by atoms with Crippen LogP contribution in [-0.2, 0) is 9.47 Å². The van der Waals surface area contributed by atoms with Crippen molar-refractivity contribution in [1.29, 1.82) is 21.2 Å². The van der Waals surface area contributed by atoms with Crippen LogP contribution >= 0.6 is 0 Å². The molecule has 0 aromatic heterocycles.